The summed E-state index contributed by atoms with van der Waals surface area (Å²) in [6, 6.07) is 10.3. The van der Waals surface area contributed by atoms with Gasteiger partial charge in [-0.05, 0) is 43.9 Å². The average molecular weight is 371 g/mol. The Morgan fingerprint density at radius 2 is 1.92 bits per heavy atom. The predicted octanol–water partition coefficient (Wildman–Crippen LogP) is 1.74. The van der Waals surface area contributed by atoms with Crippen LogP contribution in [0.15, 0.2) is 48.9 Å². The highest BCUT2D eigenvalue weighted by Crippen LogP contribution is 2.34. The number of carboxylic acid groups (broad SMARTS) is 1. The van der Waals surface area contributed by atoms with Gasteiger partial charge in [0.25, 0.3) is 5.91 Å². The Labute approximate surface area is 151 Å². The molecule has 0 aliphatic carbocycles. The zero-order valence-corrected chi connectivity index (χ0v) is 15.2. The van der Waals surface area contributed by atoms with Crippen LogP contribution in [0.25, 0.3) is 10.8 Å². The summed E-state index contributed by atoms with van der Waals surface area (Å²) in [7, 11) is 3.95. The molecule has 2 aromatic carbocycles. The Morgan fingerprint density at radius 1 is 1.23 bits per heavy atom. The molecule has 0 spiro atoms. The monoisotopic (exact) mass is 371 g/mol. The molecule has 26 heavy (non-hydrogen) atoms. The van der Waals surface area contributed by atoms with Crippen LogP contribution in [0.5, 0.6) is 0 Å². The minimum absolute atomic E-state index is 0.190. The lowest BCUT2D eigenvalue weighted by Gasteiger charge is -2.25. The highest BCUT2D eigenvalue weighted by Gasteiger charge is 2.36. The Hall–Kier alpha value is -2.76. The van der Waals surface area contributed by atoms with Crippen LogP contribution in [0.3, 0.4) is 0 Å². The van der Waals surface area contributed by atoms with Crippen LogP contribution >= 0.6 is 9.39 Å². The maximum absolute atomic E-state index is 11.8. The number of aliphatic carboxylic acids is 1. The molecule has 2 atom stereocenters. The number of nitrogens with zero attached hydrogens (tertiary/aromatic N) is 2. The normalized spacial score (nSPS) is 13.3. The molecule has 1 aromatic heterocycles. The lowest BCUT2D eigenvalue weighted by atomic mass is 9.86. The summed E-state index contributed by atoms with van der Waals surface area (Å²) in [6.07, 6.45) is 2.52. The number of aliphatic hydroxyl groups is 1. The van der Waals surface area contributed by atoms with E-state index in [1.807, 2.05) is 0 Å². The zero-order valence-electron chi connectivity index (χ0n) is 14.0. The second-order valence-corrected chi connectivity index (χ2v) is 6.59. The second kappa shape index (κ2) is 6.86. The number of rotatable bonds is 5. The SMILES string of the molecule is CNC(=O)c1ccc2cc(C(O)(CC(=O)O)c3cn(P)cn3)ccc2c1. The van der Waals surface area contributed by atoms with Gasteiger partial charge in [0.15, 0.2) is 0 Å². The predicted molar refractivity (Wildman–Crippen MR) is 99.9 cm³/mol. The Kier molecular flexibility index (Phi) is 4.76. The number of hydrogen-bond acceptors (Lipinski definition) is 4. The molecule has 2 unspecified atom stereocenters. The number of carbonyl (C=O) groups excluding carboxylic acids is 1. The van der Waals surface area contributed by atoms with Crippen LogP contribution in [0.1, 0.15) is 28.0 Å². The summed E-state index contributed by atoms with van der Waals surface area (Å²) in [5, 5.41) is 24.6. The maximum Gasteiger partial charge on any atom is 0.307 e. The third-order valence-electron chi connectivity index (χ3n) is 4.24. The minimum Gasteiger partial charge on any atom is -0.481 e. The van der Waals surface area contributed by atoms with Gasteiger partial charge in [-0.15, -0.1) is 0 Å². The molecule has 0 fully saturated rings. The van der Waals surface area contributed by atoms with E-state index >= 15 is 0 Å². The van der Waals surface area contributed by atoms with Crippen molar-refractivity contribution in [1.29, 1.82) is 0 Å². The van der Waals surface area contributed by atoms with E-state index in [0.29, 0.717) is 11.1 Å². The van der Waals surface area contributed by atoms with Crippen molar-refractivity contribution in [2.45, 2.75) is 12.0 Å². The second-order valence-electron chi connectivity index (χ2n) is 5.99. The zero-order chi connectivity index (χ0) is 18.9. The minimum atomic E-state index is -1.76. The molecule has 0 aliphatic heterocycles. The molecule has 3 rings (SSSR count). The van der Waals surface area contributed by atoms with Gasteiger partial charge in [-0.1, -0.05) is 18.2 Å². The van der Waals surface area contributed by atoms with Crippen molar-refractivity contribution in [3.8, 4) is 0 Å². The molecule has 0 saturated carbocycles. The summed E-state index contributed by atoms with van der Waals surface area (Å²) in [6.45, 7) is 0. The highest BCUT2D eigenvalue weighted by molar-refractivity contribution is 7.14. The van der Waals surface area contributed by atoms with Gasteiger partial charge in [0.2, 0.25) is 0 Å². The van der Waals surface area contributed by atoms with Gasteiger partial charge in [0.05, 0.1) is 18.4 Å². The van der Waals surface area contributed by atoms with Gasteiger partial charge < -0.3 is 19.9 Å². The fraction of sp³-hybridized carbons (Fsp3) is 0.167. The summed E-state index contributed by atoms with van der Waals surface area (Å²) < 4.78 is 1.57. The first-order valence-electron chi connectivity index (χ1n) is 7.83. The van der Waals surface area contributed by atoms with E-state index in [0.717, 1.165) is 10.8 Å². The van der Waals surface area contributed by atoms with E-state index in [2.05, 4.69) is 19.7 Å². The number of amides is 1. The first-order chi connectivity index (χ1) is 12.3. The van der Waals surface area contributed by atoms with Crippen LogP contribution in [0.4, 0.5) is 0 Å². The van der Waals surface area contributed by atoms with Gasteiger partial charge >= 0.3 is 5.97 Å². The number of fused-ring (bicyclic) bond motifs is 1. The third-order valence-corrected chi connectivity index (χ3v) is 4.52. The molecule has 3 aromatic rings. The van der Waals surface area contributed by atoms with Crippen molar-refractivity contribution in [2.24, 2.45) is 0 Å². The van der Waals surface area contributed by atoms with E-state index in [-0.39, 0.29) is 11.6 Å². The van der Waals surface area contributed by atoms with E-state index in [1.165, 1.54) is 6.33 Å². The van der Waals surface area contributed by atoms with Crippen LogP contribution in [0, 0.1) is 0 Å². The number of benzene rings is 2. The van der Waals surface area contributed by atoms with Crippen molar-refractivity contribution in [2.75, 3.05) is 7.05 Å². The Bertz CT molecular complexity index is 1000. The molecule has 0 radical (unpaired) electrons. The molecule has 1 amide bonds. The largest absolute Gasteiger partial charge is 0.481 e. The summed E-state index contributed by atoms with van der Waals surface area (Å²) in [5.74, 6) is -1.33. The fourth-order valence-corrected chi connectivity index (χ4v) is 3.11. The summed E-state index contributed by atoms with van der Waals surface area (Å²) in [4.78, 5) is 27.2. The van der Waals surface area contributed by atoms with Crippen LogP contribution in [-0.2, 0) is 10.4 Å². The molecule has 0 aliphatic rings. The van der Waals surface area contributed by atoms with Crippen LogP contribution < -0.4 is 5.32 Å². The highest BCUT2D eigenvalue weighted by atomic mass is 31.0. The molecule has 8 heteroatoms. The number of nitrogens with one attached hydrogen (secondary N) is 1. The van der Waals surface area contributed by atoms with E-state index in [1.54, 1.807) is 54.0 Å². The molecule has 7 nitrogen and oxygen atoms in total. The van der Waals surface area contributed by atoms with Crippen molar-refractivity contribution in [3.05, 3.63) is 65.7 Å². The molecule has 1 heterocycles. The Morgan fingerprint density at radius 3 is 2.54 bits per heavy atom. The number of aromatic nitrogens is 2. The van der Waals surface area contributed by atoms with Crippen LogP contribution in [0.2, 0.25) is 0 Å². The standard InChI is InChI=1S/C18H18N3O4P/c1-19-17(24)13-3-2-12-7-14(5-4-11(12)6-13)18(25,8-16(22)23)15-9-21(26)10-20-15/h2-7,9-10,25H,8,26H2,1H3,(H,19,24)(H,22,23). The van der Waals surface area contributed by atoms with Crippen LogP contribution in [-0.4, -0.2) is 38.5 Å². The summed E-state index contributed by atoms with van der Waals surface area (Å²) in [5.41, 5.74) is -0.572. The molecule has 0 saturated heterocycles. The average Bonchev–Trinajstić information content (AvgIpc) is 3.06. The van der Waals surface area contributed by atoms with Crippen molar-refractivity contribution in [1.82, 2.24) is 14.6 Å². The van der Waals surface area contributed by atoms with E-state index in [4.69, 9.17) is 0 Å². The lowest BCUT2D eigenvalue weighted by Crippen LogP contribution is -2.31. The lowest BCUT2D eigenvalue weighted by molar-refractivity contribution is -0.141. The van der Waals surface area contributed by atoms with Crippen molar-refractivity contribution >= 4 is 32.0 Å². The number of carboxylic acids is 1. The number of hydrogen-bond donors (Lipinski definition) is 3. The molecule has 134 valence electrons. The molecule has 3 N–H and O–H groups in total. The van der Waals surface area contributed by atoms with Gasteiger partial charge in [-0.2, -0.15) is 0 Å². The maximum atomic E-state index is 11.8. The van der Waals surface area contributed by atoms with Gasteiger partial charge in [0, 0.05) is 18.8 Å². The van der Waals surface area contributed by atoms with Gasteiger partial charge in [0.1, 0.15) is 5.60 Å². The quantitative estimate of drug-likeness (QED) is 0.593. The van der Waals surface area contributed by atoms with Gasteiger partial charge in [-0.3, -0.25) is 9.59 Å². The Balaban J connectivity index is 2.11. The van der Waals surface area contributed by atoms with E-state index < -0.39 is 18.0 Å². The van der Waals surface area contributed by atoms with Gasteiger partial charge in [-0.25, -0.2) is 4.98 Å². The first kappa shape index (κ1) is 18.0. The third kappa shape index (κ3) is 3.31. The first-order valence-corrected chi connectivity index (χ1v) is 8.35. The summed E-state index contributed by atoms with van der Waals surface area (Å²) >= 11 is 0. The smallest absolute Gasteiger partial charge is 0.307 e. The number of carbonyl (C=O) groups is 2. The van der Waals surface area contributed by atoms with Crippen molar-refractivity contribution < 1.29 is 19.8 Å². The molecular weight excluding hydrogens is 353 g/mol. The number of imidazole rings is 1. The molecular formula is C18H18N3O4P. The fourth-order valence-electron chi connectivity index (χ4n) is 2.90. The molecule has 0 bridgehead atoms. The topological polar surface area (TPSA) is 104 Å². The van der Waals surface area contributed by atoms with Crippen molar-refractivity contribution in [3.63, 3.8) is 0 Å². The van der Waals surface area contributed by atoms with E-state index in [9.17, 15) is 19.8 Å².